The van der Waals surface area contributed by atoms with Crippen molar-refractivity contribution in [1.82, 2.24) is 20.1 Å². The van der Waals surface area contributed by atoms with Crippen molar-refractivity contribution >= 4 is 35.6 Å². The van der Waals surface area contributed by atoms with Gasteiger partial charge in [-0.3, -0.25) is 9.56 Å². The van der Waals surface area contributed by atoms with Crippen LogP contribution in [-0.2, 0) is 6.54 Å². The number of rotatable bonds is 7. The van der Waals surface area contributed by atoms with E-state index in [1.165, 1.54) is 0 Å². The van der Waals surface area contributed by atoms with Gasteiger partial charge in [-0.25, -0.2) is 0 Å². The van der Waals surface area contributed by atoms with E-state index in [-0.39, 0.29) is 24.0 Å². The molecule has 0 atom stereocenters. The van der Waals surface area contributed by atoms with Crippen molar-refractivity contribution < 1.29 is 9.47 Å². The van der Waals surface area contributed by atoms with E-state index in [0.29, 0.717) is 30.6 Å². The van der Waals surface area contributed by atoms with Gasteiger partial charge >= 0.3 is 0 Å². The zero-order chi connectivity index (χ0) is 19.8. The molecule has 0 bridgehead atoms. The van der Waals surface area contributed by atoms with Gasteiger partial charge in [0, 0.05) is 24.5 Å². The summed E-state index contributed by atoms with van der Waals surface area (Å²) >= 11 is 0. The average Bonchev–Trinajstić information content (AvgIpc) is 3.21. The maximum atomic E-state index is 5.62. The first-order chi connectivity index (χ1) is 13.7. The van der Waals surface area contributed by atoms with Crippen molar-refractivity contribution in [2.45, 2.75) is 13.5 Å². The van der Waals surface area contributed by atoms with Crippen LogP contribution in [0.3, 0.4) is 0 Å². The molecule has 0 fully saturated rings. The maximum Gasteiger partial charge on any atom is 0.195 e. The van der Waals surface area contributed by atoms with Crippen LogP contribution in [0.1, 0.15) is 12.7 Å². The van der Waals surface area contributed by atoms with Crippen molar-refractivity contribution in [3.8, 4) is 17.2 Å². The molecule has 29 heavy (non-hydrogen) atoms. The number of halogens is 1. The Balaban J connectivity index is 0.00000300. The molecule has 3 rings (SSSR count). The van der Waals surface area contributed by atoms with Gasteiger partial charge in [0.25, 0.3) is 0 Å². The minimum atomic E-state index is 0. The summed E-state index contributed by atoms with van der Waals surface area (Å²) in [4.78, 5) is 4.27. The Bertz CT molecular complexity index is 930. The van der Waals surface area contributed by atoms with Crippen molar-refractivity contribution in [1.29, 1.82) is 0 Å². The molecule has 1 aromatic heterocycles. The van der Waals surface area contributed by atoms with Crippen LogP contribution in [0.5, 0.6) is 11.5 Å². The summed E-state index contributed by atoms with van der Waals surface area (Å²) in [5.41, 5.74) is 1.84. The standard InChI is InChI=1S/C20H24N6O2.HI/c1-4-28-18-12-15(10-11-17(18)27-3)24-20(21-2)22-13-19-25-23-14-26(19)16-8-6-5-7-9-16;/h5-12,14H,4,13H2,1-3H3,(H2,21,22,24);1H. The predicted molar refractivity (Wildman–Crippen MR) is 125 cm³/mol. The number of nitrogens with zero attached hydrogens (tertiary/aromatic N) is 4. The van der Waals surface area contributed by atoms with Crippen molar-refractivity contribution in [3.63, 3.8) is 0 Å². The third-order valence-electron chi connectivity index (χ3n) is 4.02. The quantitative estimate of drug-likeness (QED) is 0.289. The average molecular weight is 508 g/mol. The molecule has 3 aromatic rings. The molecule has 2 aromatic carbocycles. The highest BCUT2D eigenvalue weighted by Crippen LogP contribution is 2.30. The van der Waals surface area contributed by atoms with Crippen LogP contribution in [0.15, 0.2) is 59.9 Å². The smallest absolute Gasteiger partial charge is 0.195 e. The van der Waals surface area contributed by atoms with E-state index in [0.717, 1.165) is 17.2 Å². The lowest BCUT2D eigenvalue weighted by molar-refractivity contribution is 0.311. The Morgan fingerprint density at radius 1 is 1.14 bits per heavy atom. The number of methoxy groups -OCH3 is 1. The Kier molecular flexibility index (Phi) is 8.71. The minimum absolute atomic E-state index is 0. The summed E-state index contributed by atoms with van der Waals surface area (Å²) in [5.74, 6) is 2.75. The summed E-state index contributed by atoms with van der Waals surface area (Å²) < 4.78 is 12.9. The Morgan fingerprint density at radius 3 is 2.62 bits per heavy atom. The van der Waals surface area contributed by atoms with Crippen LogP contribution in [0, 0.1) is 0 Å². The molecule has 0 unspecified atom stereocenters. The molecule has 0 radical (unpaired) electrons. The van der Waals surface area contributed by atoms with Crippen LogP contribution in [0.25, 0.3) is 5.69 Å². The first-order valence-corrected chi connectivity index (χ1v) is 8.98. The summed E-state index contributed by atoms with van der Waals surface area (Å²) in [6.45, 7) is 2.95. The largest absolute Gasteiger partial charge is 0.493 e. The van der Waals surface area contributed by atoms with Gasteiger partial charge in [-0.15, -0.1) is 34.2 Å². The number of guanidine groups is 1. The molecule has 1 heterocycles. The SMILES string of the molecule is CCOc1cc(NC(=NC)NCc2nncn2-c2ccccc2)ccc1OC.I. The van der Waals surface area contributed by atoms with Gasteiger partial charge in [0.1, 0.15) is 6.33 Å². The fourth-order valence-electron chi connectivity index (χ4n) is 2.69. The van der Waals surface area contributed by atoms with Gasteiger partial charge in [0.15, 0.2) is 23.3 Å². The molecule has 0 spiro atoms. The molecular weight excluding hydrogens is 483 g/mol. The van der Waals surface area contributed by atoms with Gasteiger partial charge < -0.3 is 20.1 Å². The van der Waals surface area contributed by atoms with Crippen LogP contribution in [0.4, 0.5) is 5.69 Å². The van der Waals surface area contributed by atoms with E-state index in [1.54, 1.807) is 20.5 Å². The summed E-state index contributed by atoms with van der Waals surface area (Å²) in [5, 5.41) is 14.7. The lowest BCUT2D eigenvalue weighted by Crippen LogP contribution is -2.31. The fraction of sp³-hybridized carbons (Fsp3) is 0.250. The molecule has 0 saturated carbocycles. The van der Waals surface area contributed by atoms with E-state index in [2.05, 4.69) is 25.8 Å². The normalized spacial score (nSPS) is 10.8. The molecule has 0 aliphatic carbocycles. The molecule has 0 aliphatic heterocycles. The van der Waals surface area contributed by atoms with Crippen LogP contribution >= 0.6 is 24.0 Å². The zero-order valence-corrected chi connectivity index (χ0v) is 19.0. The number of aromatic nitrogens is 3. The van der Waals surface area contributed by atoms with Crippen LogP contribution < -0.4 is 20.1 Å². The molecule has 8 nitrogen and oxygen atoms in total. The molecular formula is C20H25IN6O2. The second kappa shape index (κ2) is 11.2. The van der Waals surface area contributed by atoms with E-state index in [1.807, 2.05) is 60.0 Å². The number of aliphatic imine (C=N–C) groups is 1. The van der Waals surface area contributed by atoms with Gasteiger partial charge in [0.05, 0.1) is 20.3 Å². The number of para-hydroxylation sites is 1. The second-order valence-electron chi connectivity index (χ2n) is 5.80. The third-order valence-corrected chi connectivity index (χ3v) is 4.02. The Hall–Kier alpha value is -2.82. The van der Waals surface area contributed by atoms with E-state index in [9.17, 15) is 0 Å². The number of benzene rings is 2. The molecule has 0 amide bonds. The number of nitrogens with one attached hydrogen (secondary N) is 2. The lowest BCUT2D eigenvalue weighted by atomic mass is 10.2. The first kappa shape index (κ1) is 22.5. The molecule has 154 valence electrons. The van der Waals surface area contributed by atoms with E-state index < -0.39 is 0 Å². The van der Waals surface area contributed by atoms with Gasteiger partial charge in [-0.2, -0.15) is 0 Å². The number of hydrogen-bond acceptors (Lipinski definition) is 5. The zero-order valence-electron chi connectivity index (χ0n) is 16.6. The molecule has 0 saturated heterocycles. The van der Waals surface area contributed by atoms with Gasteiger partial charge in [-0.05, 0) is 31.2 Å². The fourth-order valence-corrected chi connectivity index (χ4v) is 2.69. The third kappa shape index (κ3) is 5.83. The maximum absolute atomic E-state index is 5.62. The number of hydrogen-bond donors (Lipinski definition) is 2. The minimum Gasteiger partial charge on any atom is -0.493 e. The topological polar surface area (TPSA) is 85.6 Å². The van der Waals surface area contributed by atoms with Crippen LogP contribution in [0.2, 0.25) is 0 Å². The number of ether oxygens (including phenoxy) is 2. The highest BCUT2D eigenvalue weighted by molar-refractivity contribution is 14.0. The first-order valence-electron chi connectivity index (χ1n) is 8.98. The van der Waals surface area contributed by atoms with Gasteiger partial charge in [-0.1, -0.05) is 18.2 Å². The Labute approximate surface area is 187 Å². The second-order valence-corrected chi connectivity index (χ2v) is 5.80. The summed E-state index contributed by atoms with van der Waals surface area (Å²) in [7, 11) is 3.33. The molecule has 2 N–H and O–H groups in total. The number of anilines is 1. The predicted octanol–water partition coefficient (Wildman–Crippen LogP) is 3.48. The Morgan fingerprint density at radius 2 is 1.93 bits per heavy atom. The van der Waals surface area contributed by atoms with E-state index in [4.69, 9.17) is 9.47 Å². The highest BCUT2D eigenvalue weighted by atomic mass is 127. The van der Waals surface area contributed by atoms with Gasteiger partial charge in [0.2, 0.25) is 0 Å². The van der Waals surface area contributed by atoms with Crippen molar-refractivity contribution in [2.75, 3.05) is 26.1 Å². The summed E-state index contributed by atoms with van der Waals surface area (Å²) in [6, 6.07) is 15.6. The van der Waals surface area contributed by atoms with Crippen molar-refractivity contribution in [3.05, 3.63) is 60.7 Å². The molecule has 9 heteroatoms. The highest BCUT2D eigenvalue weighted by Gasteiger charge is 2.09. The lowest BCUT2D eigenvalue weighted by Gasteiger charge is -2.15. The molecule has 0 aliphatic rings. The monoisotopic (exact) mass is 508 g/mol. The van der Waals surface area contributed by atoms with Crippen molar-refractivity contribution in [2.24, 2.45) is 4.99 Å². The summed E-state index contributed by atoms with van der Waals surface area (Å²) in [6.07, 6.45) is 1.69. The van der Waals surface area contributed by atoms with E-state index >= 15 is 0 Å². The van der Waals surface area contributed by atoms with Crippen LogP contribution in [-0.4, -0.2) is 41.5 Å².